The molecule has 5 heteroatoms. The van der Waals surface area contributed by atoms with Crippen LogP contribution < -0.4 is 5.32 Å². The molecule has 1 aliphatic carbocycles. The Morgan fingerprint density at radius 3 is 3.00 bits per heavy atom. The summed E-state index contributed by atoms with van der Waals surface area (Å²) in [5, 5.41) is 7.86. The van der Waals surface area contributed by atoms with Gasteiger partial charge in [0, 0.05) is 29.5 Å². The Balaban J connectivity index is 1.70. The minimum absolute atomic E-state index is 0.703. The second kappa shape index (κ2) is 5.75. The predicted molar refractivity (Wildman–Crippen MR) is 87.8 cm³/mol. The fourth-order valence-electron chi connectivity index (χ4n) is 2.24. The SMILES string of the molecule is c1ccc2nc(Sc3nccs3)c(CNC3CC3)cc2c1. The van der Waals surface area contributed by atoms with Crippen molar-refractivity contribution < 1.29 is 0 Å². The number of thiazole rings is 1. The van der Waals surface area contributed by atoms with E-state index in [0.717, 1.165) is 21.4 Å². The van der Waals surface area contributed by atoms with E-state index in [1.165, 1.54) is 23.8 Å². The van der Waals surface area contributed by atoms with E-state index in [0.29, 0.717) is 6.04 Å². The first-order valence-corrected chi connectivity index (χ1v) is 8.77. The van der Waals surface area contributed by atoms with Gasteiger partial charge in [0.2, 0.25) is 0 Å². The standard InChI is InChI=1S/C16H15N3S2/c1-2-4-14-11(3-1)9-12(10-18-13-5-6-13)15(19-14)21-16-17-7-8-20-16/h1-4,7-9,13,18H,5-6,10H2. The molecule has 2 heterocycles. The van der Waals surface area contributed by atoms with Gasteiger partial charge in [-0.25, -0.2) is 9.97 Å². The monoisotopic (exact) mass is 313 g/mol. The zero-order valence-electron chi connectivity index (χ0n) is 11.5. The van der Waals surface area contributed by atoms with Crippen LogP contribution in [0.15, 0.2) is 51.3 Å². The third-order valence-corrected chi connectivity index (χ3v) is 5.45. The highest BCUT2D eigenvalue weighted by Gasteiger charge is 2.21. The quantitative estimate of drug-likeness (QED) is 0.770. The molecule has 21 heavy (non-hydrogen) atoms. The molecule has 1 N–H and O–H groups in total. The van der Waals surface area contributed by atoms with Crippen molar-refractivity contribution in [3.63, 3.8) is 0 Å². The lowest BCUT2D eigenvalue weighted by Crippen LogP contribution is -2.16. The van der Waals surface area contributed by atoms with Crippen LogP contribution in [0, 0.1) is 0 Å². The van der Waals surface area contributed by atoms with Crippen LogP contribution >= 0.6 is 23.1 Å². The van der Waals surface area contributed by atoms with E-state index in [1.807, 2.05) is 17.6 Å². The molecule has 1 aliphatic rings. The number of hydrogen-bond acceptors (Lipinski definition) is 5. The summed E-state index contributed by atoms with van der Waals surface area (Å²) in [7, 11) is 0. The lowest BCUT2D eigenvalue weighted by Gasteiger charge is -2.10. The lowest BCUT2D eigenvalue weighted by molar-refractivity contribution is 0.677. The van der Waals surface area contributed by atoms with Crippen LogP contribution in [0.4, 0.5) is 0 Å². The van der Waals surface area contributed by atoms with Crippen LogP contribution in [0.2, 0.25) is 0 Å². The number of pyridine rings is 1. The number of fused-ring (bicyclic) bond motifs is 1. The molecule has 3 nitrogen and oxygen atoms in total. The first-order chi connectivity index (χ1) is 10.4. The molecule has 0 radical (unpaired) electrons. The minimum Gasteiger partial charge on any atom is -0.310 e. The predicted octanol–water partition coefficient (Wildman–Crippen LogP) is 4.09. The van der Waals surface area contributed by atoms with Gasteiger partial charge in [-0.2, -0.15) is 0 Å². The summed E-state index contributed by atoms with van der Waals surface area (Å²) in [6.07, 6.45) is 4.45. The van der Waals surface area contributed by atoms with Crippen molar-refractivity contribution >= 4 is 34.0 Å². The highest BCUT2D eigenvalue weighted by Crippen LogP contribution is 2.32. The average Bonchev–Trinajstić information content (AvgIpc) is 3.20. The molecule has 1 saturated carbocycles. The first-order valence-electron chi connectivity index (χ1n) is 7.08. The number of nitrogens with one attached hydrogen (secondary N) is 1. The Morgan fingerprint density at radius 2 is 2.19 bits per heavy atom. The van der Waals surface area contributed by atoms with Gasteiger partial charge in [0.05, 0.1) is 5.52 Å². The molecular weight excluding hydrogens is 298 g/mol. The second-order valence-corrected chi connectivity index (χ2v) is 7.33. The van der Waals surface area contributed by atoms with Crippen molar-refractivity contribution in [2.24, 2.45) is 0 Å². The van der Waals surface area contributed by atoms with E-state index in [4.69, 9.17) is 4.98 Å². The van der Waals surface area contributed by atoms with Gasteiger partial charge in [-0.1, -0.05) is 18.2 Å². The number of nitrogens with zero attached hydrogens (tertiary/aromatic N) is 2. The number of para-hydroxylation sites is 1. The molecule has 0 amide bonds. The zero-order valence-corrected chi connectivity index (χ0v) is 13.1. The van der Waals surface area contributed by atoms with Crippen molar-refractivity contribution in [1.82, 2.24) is 15.3 Å². The van der Waals surface area contributed by atoms with Crippen LogP contribution in [-0.2, 0) is 6.54 Å². The molecule has 1 fully saturated rings. The minimum atomic E-state index is 0.703. The Kier molecular flexibility index (Phi) is 3.63. The fraction of sp³-hybridized carbons (Fsp3) is 0.250. The van der Waals surface area contributed by atoms with Gasteiger partial charge < -0.3 is 5.32 Å². The highest BCUT2D eigenvalue weighted by molar-refractivity contribution is 8.01. The molecule has 0 saturated heterocycles. The van der Waals surface area contributed by atoms with Crippen molar-refractivity contribution in [3.05, 3.63) is 47.5 Å². The van der Waals surface area contributed by atoms with Gasteiger partial charge in [0.1, 0.15) is 5.03 Å². The summed E-state index contributed by atoms with van der Waals surface area (Å²) in [6.45, 7) is 0.885. The number of hydrogen-bond donors (Lipinski definition) is 1. The normalized spacial score (nSPS) is 14.7. The third-order valence-electron chi connectivity index (χ3n) is 3.52. The van der Waals surface area contributed by atoms with Gasteiger partial charge in [-0.05, 0) is 42.3 Å². The van der Waals surface area contributed by atoms with Crippen molar-refractivity contribution in [1.29, 1.82) is 0 Å². The Morgan fingerprint density at radius 1 is 1.29 bits per heavy atom. The maximum Gasteiger partial charge on any atom is 0.156 e. The largest absolute Gasteiger partial charge is 0.310 e. The molecule has 0 aliphatic heterocycles. The maximum absolute atomic E-state index is 4.84. The lowest BCUT2D eigenvalue weighted by atomic mass is 10.1. The van der Waals surface area contributed by atoms with Crippen LogP contribution in [0.5, 0.6) is 0 Å². The van der Waals surface area contributed by atoms with Crippen LogP contribution in [-0.4, -0.2) is 16.0 Å². The Hall–Kier alpha value is -1.43. The van der Waals surface area contributed by atoms with Gasteiger partial charge in [0.15, 0.2) is 4.34 Å². The Bertz CT molecular complexity index is 751. The summed E-state index contributed by atoms with van der Waals surface area (Å²) in [4.78, 5) is 9.20. The van der Waals surface area contributed by atoms with Crippen molar-refractivity contribution in [2.75, 3.05) is 0 Å². The maximum atomic E-state index is 4.84. The van der Waals surface area contributed by atoms with Gasteiger partial charge >= 0.3 is 0 Å². The van der Waals surface area contributed by atoms with Gasteiger partial charge in [-0.15, -0.1) is 11.3 Å². The molecule has 0 unspecified atom stereocenters. The second-order valence-electron chi connectivity index (χ2n) is 5.20. The van der Waals surface area contributed by atoms with E-state index in [2.05, 4.69) is 34.6 Å². The molecular formula is C16H15N3S2. The summed E-state index contributed by atoms with van der Waals surface area (Å²) in [5.74, 6) is 0. The molecule has 106 valence electrons. The third kappa shape index (κ3) is 3.10. The van der Waals surface area contributed by atoms with E-state index < -0.39 is 0 Å². The van der Waals surface area contributed by atoms with Gasteiger partial charge in [0.25, 0.3) is 0 Å². The van der Waals surface area contributed by atoms with E-state index in [-0.39, 0.29) is 0 Å². The highest BCUT2D eigenvalue weighted by atomic mass is 32.2. The topological polar surface area (TPSA) is 37.8 Å². The molecule has 4 rings (SSSR count). The van der Waals surface area contributed by atoms with Crippen LogP contribution in [0.3, 0.4) is 0 Å². The van der Waals surface area contributed by atoms with Crippen molar-refractivity contribution in [3.8, 4) is 0 Å². The fourth-order valence-corrected chi connectivity index (χ4v) is 3.88. The van der Waals surface area contributed by atoms with E-state index in [9.17, 15) is 0 Å². The Labute approximate surface area is 131 Å². The number of benzene rings is 1. The van der Waals surface area contributed by atoms with Crippen molar-refractivity contribution in [2.45, 2.75) is 34.8 Å². The smallest absolute Gasteiger partial charge is 0.156 e. The van der Waals surface area contributed by atoms with E-state index >= 15 is 0 Å². The molecule has 0 bridgehead atoms. The molecule has 1 aromatic carbocycles. The number of rotatable bonds is 5. The van der Waals surface area contributed by atoms with Gasteiger partial charge in [-0.3, -0.25) is 0 Å². The summed E-state index contributed by atoms with van der Waals surface area (Å²) < 4.78 is 1.05. The van der Waals surface area contributed by atoms with E-state index in [1.54, 1.807) is 23.1 Å². The molecule has 3 aromatic rings. The van der Waals surface area contributed by atoms with Crippen LogP contribution in [0.1, 0.15) is 18.4 Å². The summed E-state index contributed by atoms with van der Waals surface area (Å²) in [5.41, 5.74) is 2.31. The zero-order chi connectivity index (χ0) is 14.1. The first kappa shape index (κ1) is 13.2. The van der Waals surface area contributed by atoms with Crippen LogP contribution in [0.25, 0.3) is 10.9 Å². The molecule has 2 aromatic heterocycles. The summed E-state index contributed by atoms with van der Waals surface area (Å²) in [6, 6.07) is 11.3. The summed E-state index contributed by atoms with van der Waals surface area (Å²) >= 11 is 3.32. The number of aromatic nitrogens is 2. The average molecular weight is 313 g/mol. The molecule has 0 spiro atoms. The molecule has 0 atom stereocenters.